The number of hydrogen-bond donors (Lipinski definition) is 1. The predicted molar refractivity (Wildman–Crippen MR) is 132 cm³/mol. The first-order valence-electron chi connectivity index (χ1n) is 13.3. The molecule has 35 heavy (non-hydrogen) atoms. The number of hydrogen-bond acceptors (Lipinski definition) is 6. The maximum Gasteiger partial charge on any atom is 0.328 e. The smallest absolute Gasteiger partial charge is 0.328 e. The van der Waals surface area contributed by atoms with Gasteiger partial charge in [-0.1, -0.05) is 30.7 Å². The van der Waals surface area contributed by atoms with E-state index in [1.165, 1.54) is 17.6 Å². The minimum Gasteiger partial charge on any atom is -0.467 e. The Morgan fingerprint density at radius 2 is 1.91 bits per heavy atom. The molecule has 1 saturated heterocycles. The number of fused-ring (bicyclic) bond motifs is 5. The normalized spacial score (nSPS) is 43.3. The number of likely N-dealkylation sites (tertiary alicyclic amines) is 1. The third kappa shape index (κ3) is 3.85. The SMILES string of the molecule is COC(=O)[C@@H]1CCCN1C(=O)CO/N=C1/C=C[C@@]2(C)C(=C1)CC[C@@H]1[C@@H]2CC[C@@]2(C)[C@H]1CC[C@]2(C)O. The zero-order valence-corrected chi connectivity index (χ0v) is 21.6. The van der Waals surface area contributed by atoms with Crippen molar-refractivity contribution >= 4 is 17.6 Å². The highest BCUT2D eigenvalue weighted by molar-refractivity contribution is 6.05. The van der Waals surface area contributed by atoms with Gasteiger partial charge in [0.15, 0.2) is 6.61 Å². The minimum absolute atomic E-state index is 0.0107. The lowest BCUT2D eigenvalue weighted by Gasteiger charge is -2.58. The summed E-state index contributed by atoms with van der Waals surface area (Å²) in [5, 5.41) is 15.4. The van der Waals surface area contributed by atoms with Crippen LogP contribution in [0.15, 0.2) is 29.0 Å². The van der Waals surface area contributed by atoms with Gasteiger partial charge in [-0.2, -0.15) is 0 Å². The molecule has 3 saturated carbocycles. The molecule has 0 aromatic heterocycles. The molecule has 7 nitrogen and oxygen atoms in total. The summed E-state index contributed by atoms with van der Waals surface area (Å²) in [6.45, 7) is 7.10. The van der Waals surface area contributed by atoms with E-state index in [4.69, 9.17) is 9.57 Å². The molecule has 4 aliphatic carbocycles. The van der Waals surface area contributed by atoms with Crippen molar-refractivity contribution in [3.05, 3.63) is 23.8 Å². The van der Waals surface area contributed by atoms with E-state index in [1.807, 2.05) is 6.08 Å². The summed E-state index contributed by atoms with van der Waals surface area (Å²) in [5.74, 6) is 1.20. The molecule has 7 heteroatoms. The van der Waals surface area contributed by atoms with Gasteiger partial charge in [-0.25, -0.2) is 4.79 Å². The number of esters is 1. The lowest BCUT2D eigenvalue weighted by atomic mass is 9.47. The van der Waals surface area contributed by atoms with Crippen LogP contribution in [-0.4, -0.2) is 59.5 Å². The van der Waals surface area contributed by atoms with Gasteiger partial charge in [-0.15, -0.1) is 0 Å². The molecule has 1 aliphatic heterocycles. The van der Waals surface area contributed by atoms with E-state index in [-0.39, 0.29) is 29.3 Å². The van der Waals surface area contributed by atoms with Crippen molar-refractivity contribution in [1.29, 1.82) is 0 Å². The monoisotopic (exact) mass is 484 g/mol. The van der Waals surface area contributed by atoms with Crippen LogP contribution in [0.5, 0.6) is 0 Å². The largest absolute Gasteiger partial charge is 0.467 e. The van der Waals surface area contributed by atoms with E-state index in [0.717, 1.165) is 50.7 Å². The van der Waals surface area contributed by atoms with Crippen LogP contribution >= 0.6 is 0 Å². The molecule has 0 spiro atoms. The number of amides is 1. The Kier molecular flexibility index (Phi) is 6.14. The molecule has 1 N–H and O–H groups in total. The zero-order valence-electron chi connectivity index (χ0n) is 21.6. The molecule has 1 heterocycles. The summed E-state index contributed by atoms with van der Waals surface area (Å²) in [7, 11) is 1.35. The van der Waals surface area contributed by atoms with Gasteiger partial charge in [-0.3, -0.25) is 4.79 Å². The predicted octanol–water partition coefficient (Wildman–Crippen LogP) is 4.01. The molecule has 0 aromatic rings. The van der Waals surface area contributed by atoms with E-state index in [1.54, 1.807) is 0 Å². The Hall–Kier alpha value is -2.15. The first-order valence-corrected chi connectivity index (χ1v) is 13.3. The highest BCUT2D eigenvalue weighted by Crippen LogP contribution is 2.66. The topological polar surface area (TPSA) is 88.4 Å². The molecule has 0 unspecified atom stereocenters. The van der Waals surface area contributed by atoms with Crippen molar-refractivity contribution in [2.75, 3.05) is 20.3 Å². The highest BCUT2D eigenvalue weighted by Gasteiger charge is 2.62. The van der Waals surface area contributed by atoms with E-state index < -0.39 is 11.6 Å². The molecule has 0 bridgehead atoms. The molecule has 7 atom stereocenters. The fourth-order valence-corrected chi connectivity index (χ4v) is 8.20. The Labute approximate surface area is 208 Å². The number of aliphatic hydroxyl groups is 1. The van der Waals surface area contributed by atoms with Crippen molar-refractivity contribution in [1.82, 2.24) is 4.90 Å². The van der Waals surface area contributed by atoms with Crippen LogP contribution in [0.25, 0.3) is 0 Å². The average molecular weight is 485 g/mol. The Morgan fingerprint density at radius 1 is 1.14 bits per heavy atom. The first-order chi connectivity index (χ1) is 16.6. The maximum atomic E-state index is 12.6. The van der Waals surface area contributed by atoms with Gasteiger partial charge >= 0.3 is 5.97 Å². The second-order valence-electron chi connectivity index (χ2n) is 12.0. The van der Waals surface area contributed by atoms with Gasteiger partial charge in [0.25, 0.3) is 5.91 Å². The van der Waals surface area contributed by atoms with Gasteiger partial charge in [0.1, 0.15) is 11.8 Å². The van der Waals surface area contributed by atoms with Gasteiger partial charge in [0.05, 0.1) is 12.7 Å². The van der Waals surface area contributed by atoms with Crippen LogP contribution in [-0.2, 0) is 19.2 Å². The van der Waals surface area contributed by atoms with Crippen LogP contribution in [0.3, 0.4) is 0 Å². The summed E-state index contributed by atoms with van der Waals surface area (Å²) in [5.41, 5.74) is 1.62. The third-order valence-corrected chi connectivity index (χ3v) is 10.5. The van der Waals surface area contributed by atoms with Gasteiger partial charge in [-0.05, 0) is 93.6 Å². The fraction of sp³-hybridized carbons (Fsp3) is 0.750. The van der Waals surface area contributed by atoms with E-state index >= 15 is 0 Å². The number of methoxy groups -OCH3 is 1. The molecule has 1 amide bonds. The highest BCUT2D eigenvalue weighted by atomic mass is 16.6. The van der Waals surface area contributed by atoms with Crippen LogP contribution in [0.4, 0.5) is 0 Å². The summed E-state index contributed by atoms with van der Waals surface area (Å²) in [4.78, 5) is 31.5. The summed E-state index contributed by atoms with van der Waals surface area (Å²) in [6, 6.07) is -0.516. The average Bonchev–Trinajstić information content (AvgIpc) is 3.41. The van der Waals surface area contributed by atoms with Gasteiger partial charge < -0.3 is 19.6 Å². The van der Waals surface area contributed by atoms with Gasteiger partial charge in [0, 0.05) is 12.0 Å². The molecule has 0 radical (unpaired) electrons. The lowest BCUT2D eigenvalue weighted by molar-refractivity contribution is -0.152. The van der Waals surface area contributed by atoms with Crippen molar-refractivity contribution in [3.63, 3.8) is 0 Å². The summed E-state index contributed by atoms with van der Waals surface area (Å²) < 4.78 is 4.82. The fourth-order valence-electron chi connectivity index (χ4n) is 8.20. The van der Waals surface area contributed by atoms with Crippen LogP contribution < -0.4 is 0 Å². The molecule has 4 fully saturated rings. The Balaban J connectivity index is 1.24. The third-order valence-electron chi connectivity index (χ3n) is 10.5. The standard InChI is InChI=1S/C28H40N2O5/c1-26-12-9-19(29-35-17-24(31)30-15-5-6-23(30)25(32)34-4)16-18(26)7-8-20-21(26)10-13-27(2)22(20)11-14-28(27,3)33/h9,12,16,20-23,33H,5-8,10-11,13-15,17H2,1-4H3/b29-19-/t20-,21+,22+,23+,26+,27+,28+/m1/s1. The van der Waals surface area contributed by atoms with E-state index in [9.17, 15) is 14.7 Å². The summed E-state index contributed by atoms with van der Waals surface area (Å²) in [6.07, 6.45) is 14.3. The van der Waals surface area contributed by atoms with Crippen LogP contribution in [0.1, 0.15) is 72.1 Å². The molecule has 192 valence electrons. The van der Waals surface area contributed by atoms with E-state index in [0.29, 0.717) is 30.7 Å². The maximum absolute atomic E-state index is 12.6. The number of ether oxygens (including phenoxy) is 1. The van der Waals surface area contributed by atoms with E-state index in [2.05, 4.69) is 38.1 Å². The number of allylic oxidation sites excluding steroid dienone is 4. The molecular weight excluding hydrogens is 444 g/mol. The van der Waals surface area contributed by atoms with Crippen molar-refractivity contribution in [2.45, 2.75) is 83.8 Å². The van der Waals surface area contributed by atoms with Crippen molar-refractivity contribution in [2.24, 2.45) is 33.7 Å². The number of oxime groups is 1. The summed E-state index contributed by atoms with van der Waals surface area (Å²) >= 11 is 0. The number of rotatable bonds is 4. The quantitative estimate of drug-likeness (QED) is 0.481. The minimum atomic E-state index is -0.553. The zero-order chi connectivity index (χ0) is 25.0. The van der Waals surface area contributed by atoms with Gasteiger partial charge in [0.2, 0.25) is 0 Å². The second kappa shape index (κ2) is 8.75. The number of nitrogens with zero attached hydrogens (tertiary/aromatic N) is 2. The number of carbonyl (C=O) groups is 2. The second-order valence-corrected chi connectivity index (χ2v) is 12.0. The first kappa shape index (κ1) is 24.5. The van der Waals surface area contributed by atoms with Crippen molar-refractivity contribution < 1.29 is 24.3 Å². The van der Waals surface area contributed by atoms with Crippen LogP contribution in [0, 0.1) is 28.6 Å². The number of carbonyl (C=O) groups excluding carboxylic acids is 2. The molecule has 5 aliphatic rings. The molecule has 5 rings (SSSR count). The Morgan fingerprint density at radius 3 is 2.69 bits per heavy atom. The van der Waals surface area contributed by atoms with Crippen molar-refractivity contribution in [3.8, 4) is 0 Å². The lowest BCUT2D eigenvalue weighted by Crippen LogP contribution is -2.53. The van der Waals surface area contributed by atoms with Crippen LogP contribution in [0.2, 0.25) is 0 Å². The Bertz CT molecular complexity index is 984. The molecular formula is C28H40N2O5. The molecule has 0 aromatic carbocycles.